The van der Waals surface area contributed by atoms with Crippen LogP contribution in [0.25, 0.3) is 0 Å². The maximum Gasteiger partial charge on any atom is 0.232 e. The summed E-state index contributed by atoms with van der Waals surface area (Å²) in [6, 6.07) is 6.28. The predicted octanol–water partition coefficient (Wildman–Crippen LogP) is 1.30. The average Bonchev–Trinajstić information content (AvgIpc) is 2.26. The Morgan fingerprint density at radius 1 is 1.47 bits per heavy atom. The van der Waals surface area contributed by atoms with Gasteiger partial charge in [-0.25, -0.2) is 8.42 Å². The number of halogens is 1. The SMILES string of the molecule is N#Cc1ccc(Cl)cc1NS(=O)(=O)CCCN. The minimum Gasteiger partial charge on any atom is -0.330 e. The van der Waals surface area contributed by atoms with Crippen molar-refractivity contribution in [2.24, 2.45) is 5.73 Å². The van der Waals surface area contributed by atoms with E-state index in [1.54, 1.807) is 0 Å². The fraction of sp³-hybridized carbons (Fsp3) is 0.300. The van der Waals surface area contributed by atoms with Gasteiger partial charge < -0.3 is 5.73 Å². The van der Waals surface area contributed by atoms with Gasteiger partial charge in [0.1, 0.15) is 6.07 Å². The third kappa shape index (κ3) is 4.23. The van der Waals surface area contributed by atoms with Gasteiger partial charge in [-0.05, 0) is 31.2 Å². The molecule has 0 atom stereocenters. The van der Waals surface area contributed by atoms with Crippen LogP contribution in [-0.4, -0.2) is 20.7 Å². The molecule has 0 heterocycles. The summed E-state index contributed by atoms with van der Waals surface area (Å²) in [5.41, 5.74) is 5.66. The van der Waals surface area contributed by atoms with Crippen molar-refractivity contribution in [3.8, 4) is 6.07 Å². The normalized spacial score (nSPS) is 10.9. The number of nitriles is 1. The first-order valence-electron chi connectivity index (χ1n) is 4.89. The van der Waals surface area contributed by atoms with Crippen molar-refractivity contribution in [1.82, 2.24) is 0 Å². The molecule has 1 rings (SSSR count). The molecule has 0 aromatic heterocycles. The van der Waals surface area contributed by atoms with Crippen molar-refractivity contribution in [2.45, 2.75) is 6.42 Å². The first-order chi connectivity index (χ1) is 7.98. The molecule has 17 heavy (non-hydrogen) atoms. The number of anilines is 1. The lowest BCUT2D eigenvalue weighted by atomic mass is 10.2. The fourth-order valence-electron chi connectivity index (χ4n) is 1.19. The van der Waals surface area contributed by atoms with E-state index >= 15 is 0 Å². The molecule has 0 aliphatic heterocycles. The zero-order valence-corrected chi connectivity index (χ0v) is 10.6. The number of rotatable bonds is 5. The molecule has 0 saturated carbocycles. The second-order valence-electron chi connectivity index (χ2n) is 3.36. The van der Waals surface area contributed by atoms with E-state index in [0.29, 0.717) is 18.0 Å². The molecular weight excluding hydrogens is 262 g/mol. The summed E-state index contributed by atoms with van der Waals surface area (Å²) >= 11 is 5.74. The first-order valence-corrected chi connectivity index (χ1v) is 6.92. The number of nitrogens with one attached hydrogen (secondary N) is 1. The van der Waals surface area contributed by atoms with Crippen LogP contribution in [-0.2, 0) is 10.0 Å². The number of benzene rings is 1. The topological polar surface area (TPSA) is 96.0 Å². The number of hydrogen-bond acceptors (Lipinski definition) is 4. The Kier molecular flexibility index (Phi) is 4.75. The van der Waals surface area contributed by atoms with E-state index in [0.717, 1.165) is 0 Å². The summed E-state index contributed by atoms with van der Waals surface area (Å²) in [5.74, 6) is -0.0825. The van der Waals surface area contributed by atoms with E-state index in [9.17, 15) is 8.42 Å². The lowest BCUT2D eigenvalue weighted by Gasteiger charge is -2.09. The van der Waals surface area contributed by atoms with Gasteiger partial charge in [-0.15, -0.1) is 0 Å². The van der Waals surface area contributed by atoms with Gasteiger partial charge >= 0.3 is 0 Å². The summed E-state index contributed by atoms with van der Waals surface area (Å²) in [5, 5.41) is 9.20. The van der Waals surface area contributed by atoms with E-state index in [1.165, 1.54) is 18.2 Å². The molecule has 92 valence electrons. The smallest absolute Gasteiger partial charge is 0.232 e. The molecule has 5 nitrogen and oxygen atoms in total. The number of hydrogen-bond donors (Lipinski definition) is 2. The van der Waals surface area contributed by atoms with Crippen molar-refractivity contribution >= 4 is 27.3 Å². The summed E-state index contributed by atoms with van der Waals surface area (Å²) in [7, 11) is -3.49. The Morgan fingerprint density at radius 3 is 2.76 bits per heavy atom. The van der Waals surface area contributed by atoms with Crippen LogP contribution >= 0.6 is 11.6 Å². The van der Waals surface area contributed by atoms with Crippen LogP contribution in [0, 0.1) is 11.3 Å². The van der Waals surface area contributed by atoms with Gasteiger partial charge in [0.25, 0.3) is 0 Å². The van der Waals surface area contributed by atoms with E-state index in [1.807, 2.05) is 6.07 Å². The maximum absolute atomic E-state index is 11.6. The third-order valence-corrected chi connectivity index (χ3v) is 3.58. The Bertz CT molecular complexity index is 537. The molecule has 0 fully saturated rings. The molecule has 7 heteroatoms. The fourth-order valence-corrected chi connectivity index (χ4v) is 2.52. The van der Waals surface area contributed by atoms with Gasteiger partial charge in [0.05, 0.1) is 17.0 Å². The van der Waals surface area contributed by atoms with E-state index in [4.69, 9.17) is 22.6 Å². The van der Waals surface area contributed by atoms with Crippen LogP contribution in [0.15, 0.2) is 18.2 Å². The second-order valence-corrected chi connectivity index (χ2v) is 5.64. The van der Waals surface area contributed by atoms with Crippen molar-refractivity contribution in [3.63, 3.8) is 0 Å². The number of nitrogens with two attached hydrogens (primary N) is 1. The van der Waals surface area contributed by atoms with Crippen molar-refractivity contribution in [3.05, 3.63) is 28.8 Å². The lowest BCUT2D eigenvalue weighted by molar-refractivity contribution is 0.598. The minimum atomic E-state index is -3.49. The van der Waals surface area contributed by atoms with Crippen LogP contribution in [0.5, 0.6) is 0 Å². The first kappa shape index (κ1) is 13.8. The molecule has 0 radical (unpaired) electrons. The molecule has 0 amide bonds. The van der Waals surface area contributed by atoms with Crippen molar-refractivity contribution < 1.29 is 8.42 Å². The highest BCUT2D eigenvalue weighted by Crippen LogP contribution is 2.21. The minimum absolute atomic E-state index is 0.0825. The Morgan fingerprint density at radius 2 is 2.18 bits per heavy atom. The van der Waals surface area contributed by atoms with Crippen LogP contribution in [0.3, 0.4) is 0 Å². The van der Waals surface area contributed by atoms with Gasteiger partial charge in [-0.1, -0.05) is 11.6 Å². The molecule has 0 aliphatic carbocycles. The van der Waals surface area contributed by atoms with Crippen LogP contribution < -0.4 is 10.5 Å². The summed E-state index contributed by atoms with van der Waals surface area (Å²) < 4.78 is 25.6. The van der Waals surface area contributed by atoms with E-state index < -0.39 is 10.0 Å². The predicted molar refractivity (Wildman–Crippen MR) is 67.2 cm³/mol. The molecule has 1 aromatic rings. The monoisotopic (exact) mass is 273 g/mol. The molecule has 1 aromatic carbocycles. The lowest BCUT2D eigenvalue weighted by Crippen LogP contribution is -2.19. The van der Waals surface area contributed by atoms with Crippen molar-refractivity contribution in [2.75, 3.05) is 17.0 Å². The van der Waals surface area contributed by atoms with E-state index in [2.05, 4.69) is 4.72 Å². The second kappa shape index (κ2) is 5.87. The quantitative estimate of drug-likeness (QED) is 0.845. The highest BCUT2D eigenvalue weighted by atomic mass is 35.5. The van der Waals surface area contributed by atoms with Gasteiger partial charge in [-0.3, -0.25) is 4.72 Å². The molecular formula is C10H12ClN3O2S. The zero-order chi connectivity index (χ0) is 12.9. The van der Waals surface area contributed by atoms with Gasteiger partial charge in [0, 0.05) is 5.02 Å². The Hall–Kier alpha value is -1.29. The standard InChI is InChI=1S/C10H12ClN3O2S/c11-9-3-2-8(7-13)10(6-9)14-17(15,16)5-1-4-12/h2-3,6,14H,1,4-5,12H2. The van der Waals surface area contributed by atoms with Crippen LogP contribution in [0.1, 0.15) is 12.0 Å². The maximum atomic E-state index is 11.6. The third-order valence-electron chi connectivity index (χ3n) is 1.98. The molecule has 0 aliphatic rings. The summed E-state index contributed by atoms with van der Waals surface area (Å²) in [6.45, 7) is 0.293. The summed E-state index contributed by atoms with van der Waals surface area (Å²) in [6.07, 6.45) is 0.359. The van der Waals surface area contributed by atoms with Crippen LogP contribution in [0.2, 0.25) is 5.02 Å². The molecule has 0 unspecified atom stereocenters. The number of sulfonamides is 1. The molecule has 0 bridgehead atoms. The van der Waals surface area contributed by atoms with Crippen LogP contribution in [0.4, 0.5) is 5.69 Å². The van der Waals surface area contributed by atoms with Gasteiger partial charge in [0.2, 0.25) is 10.0 Å². The van der Waals surface area contributed by atoms with Gasteiger partial charge in [0.15, 0.2) is 0 Å². The average molecular weight is 274 g/mol. The highest BCUT2D eigenvalue weighted by Gasteiger charge is 2.12. The largest absolute Gasteiger partial charge is 0.330 e. The highest BCUT2D eigenvalue weighted by molar-refractivity contribution is 7.92. The van der Waals surface area contributed by atoms with Crippen molar-refractivity contribution in [1.29, 1.82) is 5.26 Å². The Balaban J connectivity index is 2.95. The van der Waals surface area contributed by atoms with E-state index in [-0.39, 0.29) is 17.0 Å². The Labute approximate surface area is 105 Å². The molecule has 0 spiro atoms. The number of nitrogens with zero attached hydrogens (tertiary/aromatic N) is 1. The molecule has 3 N–H and O–H groups in total. The van der Waals surface area contributed by atoms with Gasteiger partial charge in [-0.2, -0.15) is 5.26 Å². The molecule has 0 saturated heterocycles. The summed E-state index contributed by atoms with van der Waals surface area (Å²) in [4.78, 5) is 0. The zero-order valence-electron chi connectivity index (χ0n) is 8.98.